The molecule has 3 aliphatic rings. The number of fused-ring (bicyclic) bond motifs is 2. The molecule has 8 rings (SSSR count). The molecule has 2 unspecified atom stereocenters. The van der Waals surface area contributed by atoms with Crippen LogP contribution in [0.3, 0.4) is 0 Å². The molecule has 202 valence electrons. The number of piperazine rings is 1. The summed E-state index contributed by atoms with van der Waals surface area (Å²) in [5.74, 6) is 3.08. The molecule has 0 radical (unpaired) electrons. The van der Waals surface area contributed by atoms with E-state index in [1.54, 1.807) is 11.3 Å². The fourth-order valence-electron chi connectivity index (χ4n) is 5.54. The second-order valence-electron chi connectivity index (χ2n) is 10.6. The van der Waals surface area contributed by atoms with Crippen molar-refractivity contribution in [1.29, 1.82) is 0 Å². The fraction of sp³-hybridized carbons (Fsp3) is 0.310. The Bertz CT molecular complexity index is 1630. The lowest BCUT2D eigenvalue weighted by Crippen LogP contribution is -2.68. The fourth-order valence-corrected chi connectivity index (χ4v) is 6.28. The summed E-state index contributed by atoms with van der Waals surface area (Å²) in [4.78, 5) is 29.5. The molecule has 3 aliphatic heterocycles. The van der Waals surface area contributed by atoms with Gasteiger partial charge in [-0.2, -0.15) is 5.10 Å². The third-order valence-corrected chi connectivity index (χ3v) is 8.46. The first kappa shape index (κ1) is 24.8. The van der Waals surface area contributed by atoms with Gasteiger partial charge in [0.2, 0.25) is 0 Å². The number of H-pyrrole nitrogens is 1. The van der Waals surface area contributed by atoms with E-state index >= 15 is 0 Å². The number of anilines is 3. The number of hydrogen-bond donors (Lipinski definition) is 2. The van der Waals surface area contributed by atoms with Gasteiger partial charge in [-0.05, 0) is 51.0 Å². The minimum Gasteiger partial charge on any atom is -0.353 e. The van der Waals surface area contributed by atoms with Crippen molar-refractivity contribution in [3.05, 3.63) is 76.8 Å². The lowest BCUT2D eigenvalue weighted by Gasteiger charge is -2.56. The number of aromatic nitrogens is 7. The highest BCUT2D eigenvalue weighted by Gasteiger charge is 2.44. The Morgan fingerprint density at radius 3 is 2.48 bits per heavy atom. The van der Waals surface area contributed by atoms with Gasteiger partial charge >= 0.3 is 0 Å². The van der Waals surface area contributed by atoms with Crippen LogP contribution in [0.15, 0.2) is 55.0 Å². The van der Waals surface area contributed by atoms with E-state index in [9.17, 15) is 0 Å². The van der Waals surface area contributed by atoms with Crippen LogP contribution >= 0.6 is 11.3 Å². The van der Waals surface area contributed by atoms with Crippen molar-refractivity contribution in [2.45, 2.75) is 45.8 Å². The van der Waals surface area contributed by atoms with E-state index in [-0.39, 0.29) is 0 Å². The van der Waals surface area contributed by atoms with Crippen molar-refractivity contribution in [2.75, 3.05) is 23.3 Å². The largest absolute Gasteiger partial charge is 0.353 e. The van der Waals surface area contributed by atoms with Crippen LogP contribution in [0, 0.1) is 20.8 Å². The maximum absolute atomic E-state index is 4.80. The molecule has 8 heterocycles. The average molecular weight is 551 g/mol. The Kier molecular flexibility index (Phi) is 6.24. The zero-order valence-electron chi connectivity index (χ0n) is 22.7. The third-order valence-electron chi connectivity index (χ3n) is 7.52. The first-order chi connectivity index (χ1) is 19.5. The molecular formula is C29H30N10S. The number of rotatable bonds is 7. The summed E-state index contributed by atoms with van der Waals surface area (Å²) in [6.07, 6.45) is 7.02. The van der Waals surface area contributed by atoms with Crippen molar-refractivity contribution in [2.24, 2.45) is 0 Å². The molecule has 2 bridgehead atoms. The highest BCUT2D eigenvalue weighted by molar-refractivity contribution is 7.14. The number of pyridine rings is 2. The van der Waals surface area contributed by atoms with Gasteiger partial charge in [0.15, 0.2) is 11.6 Å². The Hall–Kier alpha value is -4.22. The average Bonchev–Trinajstić information content (AvgIpc) is 3.59. The molecule has 3 saturated heterocycles. The van der Waals surface area contributed by atoms with Crippen LogP contribution in [0.5, 0.6) is 0 Å². The van der Waals surface area contributed by atoms with E-state index < -0.39 is 0 Å². The van der Waals surface area contributed by atoms with Crippen LogP contribution in [-0.2, 0) is 6.54 Å². The highest BCUT2D eigenvalue weighted by Crippen LogP contribution is 2.36. The SMILES string of the molecule is Cc1cc(Nc2cc(C)[nH]n2)nc(-c2ccc(N3CC4CC(C3)N4Cc3ccc(-c4ncc(C)s4)nc3)nc2)n1. The van der Waals surface area contributed by atoms with Gasteiger partial charge in [-0.25, -0.2) is 19.9 Å². The van der Waals surface area contributed by atoms with Crippen LogP contribution in [-0.4, -0.2) is 65.2 Å². The summed E-state index contributed by atoms with van der Waals surface area (Å²) < 4.78 is 0. The molecule has 40 heavy (non-hydrogen) atoms. The quantitative estimate of drug-likeness (QED) is 0.292. The first-order valence-electron chi connectivity index (χ1n) is 13.5. The van der Waals surface area contributed by atoms with Gasteiger partial charge in [0.25, 0.3) is 0 Å². The molecule has 0 aromatic carbocycles. The molecule has 2 N–H and O–H groups in total. The summed E-state index contributed by atoms with van der Waals surface area (Å²) in [5, 5.41) is 11.4. The summed E-state index contributed by atoms with van der Waals surface area (Å²) in [5.41, 5.74) is 4.95. The van der Waals surface area contributed by atoms with E-state index in [1.807, 2.05) is 44.6 Å². The maximum atomic E-state index is 4.80. The number of piperidine rings is 1. The van der Waals surface area contributed by atoms with E-state index in [1.165, 1.54) is 16.9 Å². The lowest BCUT2D eigenvalue weighted by molar-refractivity contribution is -0.00874. The third kappa shape index (κ3) is 4.93. The molecule has 2 atom stereocenters. The van der Waals surface area contributed by atoms with Crippen molar-refractivity contribution in [1.82, 2.24) is 40.0 Å². The van der Waals surface area contributed by atoms with E-state index in [2.05, 4.69) is 71.5 Å². The van der Waals surface area contributed by atoms with Crippen LogP contribution in [0.2, 0.25) is 0 Å². The number of hydrogen-bond acceptors (Lipinski definition) is 10. The summed E-state index contributed by atoms with van der Waals surface area (Å²) >= 11 is 1.68. The molecule has 10 nitrogen and oxygen atoms in total. The van der Waals surface area contributed by atoms with Crippen molar-refractivity contribution in [3.63, 3.8) is 0 Å². The van der Waals surface area contributed by atoms with Gasteiger partial charge in [0, 0.05) is 84.3 Å². The van der Waals surface area contributed by atoms with Crippen molar-refractivity contribution >= 4 is 28.8 Å². The van der Waals surface area contributed by atoms with Crippen LogP contribution in [0.1, 0.15) is 28.2 Å². The second kappa shape index (κ2) is 10.1. The zero-order chi connectivity index (χ0) is 27.2. The molecule has 0 saturated carbocycles. The van der Waals surface area contributed by atoms with Crippen molar-refractivity contribution < 1.29 is 0 Å². The Morgan fingerprint density at radius 2 is 1.80 bits per heavy atom. The molecule has 3 fully saturated rings. The number of nitrogens with zero attached hydrogens (tertiary/aromatic N) is 8. The van der Waals surface area contributed by atoms with Gasteiger partial charge in [0.05, 0.1) is 5.69 Å². The molecule has 0 spiro atoms. The molecular weight excluding hydrogens is 520 g/mol. The maximum Gasteiger partial charge on any atom is 0.163 e. The van der Waals surface area contributed by atoms with Crippen LogP contribution in [0.25, 0.3) is 22.1 Å². The van der Waals surface area contributed by atoms with E-state index in [0.717, 1.165) is 58.9 Å². The van der Waals surface area contributed by atoms with Gasteiger partial charge in [-0.3, -0.25) is 15.0 Å². The summed E-state index contributed by atoms with van der Waals surface area (Å²) in [7, 11) is 0. The molecule has 5 aromatic heterocycles. The Morgan fingerprint density at radius 1 is 0.925 bits per heavy atom. The molecule has 0 amide bonds. The monoisotopic (exact) mass is 550 g/mol. The molecule has 11 heteroatoms. The minimum atomic E-state index is 0.529. The smallest absolute Gasteiger partial charge is 0.163 e. The first-order valence-corrected chi connectivity index (χ1v) is 14.3. The van der Waals surface area contributed by atoms with Crippen LogP contribution in [0.4, 0.5) is 17.5 Å². The predicted octanol–water partition coefficient (Wildman–Crippen LogP) is 4.91. The van der Waals surface area contributed by atoms with E-state index in [4.69, 9.17) is 9.97 Å². The number of thiazole rings is 1. The number of aromatic amines is 1. The van der Waals surface area contributed by atoms with Gasteiger partial charge in [-0.1, -0.05) is 6.07 Å². The number of aryl methyl sites for hydroxylation is 3. The van der Waals surface area contributed by atoms with E-state index in [0.29, 0.717) is 23.7 Å². The number of nitrogens with one attached hydrogen (secondary N) is 2. The second-order valence-corrected chi connectivity index (χ2v) is 11.9. The minimum absolute atomic E-state index is 0.529. The zero-order valence-corrected chi connectivity index (χ0v) is 23.5. The van der Waals surface area contributed by atoms with Crippen molar-refractivity contribution in [3.8, 4) is 22.1 Å². The lowest BCUT2D eigenvalue weighted by atomic mass is 9.87. The highest BCUT2D eigenvalue weighted by atomic mass is 32.1. The Balaban J connectivity index is 0.991. The van der Waals surface area contributed by atoms with Gasteiger partial charge < -0.3 is 10.2 Å². The van der Waals surface area contributed by atoms with Crippen LogP contribution < -0.4 is 10.2 Å². The molecule has 5 aromatic rings. The Labute approximate surface area is 236 Å². The van der Waals surface area contributed by atoms with Gasteiger partial charge in [0.1, 0.15) is 16.6 Å². The standard InChI is InChI=1S/C29H30N10S/c1-17-8-25(34-26-9-18(2)36-37-26)35-28(33-17)21-5-7-27(31-13-21)38-15-22-10-23(16-38)39(22)14-20-4-6-24(30-12-20)29-32-11-19(3)40-29/h4-9,11-13,22-23H,10,14-16H2,1-3H3,(H2,33,34,35,36,37). The summed E-state index contributed by atoms with van der Waals surface area (Å²) in [6.45, 7) is 8.88. The van der Waals surface area contributed by atoms with Gasteiger partial charge in [-0.15, -0.1) is 11.3 Å². The topological polar surface area (TPSA) is 112 Å². The predicted molar refractivity (Wildman–Crippen MR) is 157 cm³/mol. The normalized spacial score (nSPS) is 18.5. The summed E-state index contributed by atoms with van der Waals surface area (Å²) in [6, 6.07) is 13.3. The molecule has 0 aliphatic carbocycles.